The van der Waals surface area contributed by atoms with Crippen LogP contribution in [0.25, 0.3) is 0 Å². The Bertz CT molecular complexity index is 803. The summed E-state index contributed by atoms with van der Waals surface area (Å²) < 4.78 is 0. The van der Waals surface area contributed by atoms with E-state index in [0.717, 1.165) is 63.5 Å². The minimum atomic E-state index is -0.149. The number of aromatic nitrogens is 2. The zero-order valence-electron chi connectivity index (χ0n) is 17.6. The molecular weight excluding hydrogens is 382 g/mol. The van der Waals surface area contributed by atoms with Crippen molar-refractivity contribution >= 4 is 23.4 Å². The van der Waals surface area contributed by atoms with E-state index in [4.69, 9.17) is 0 Å². The Morgan fingerprint density at radius 2 is 1.79 bits per heavy atom. The van der Waals surface area contributed by atoms with Crippen molar-refractivity contribution < 1.29 is 4.79 Å². The molecule has 0 saturated carbocycles. The van der Waals surface area contributed by atoms with E-state index >= 15 is 0 Å². The van der Waals surface area contributed by atoms with Crippen molar-refractivity contribution in [3.8, 4) is 0 Å². The molecule has 7 heteroatoms. The van der Waals surface area contributed by atoms with E-state index in [2.05, 4.69) is 51.1 Å². The Morgan fingerprint density at radius 1 is 1.10 bits per heavy atom. The minimum Gasteiger partial charge on any atom is -0.322 e. The molecule has 1 fully saturated rings. The third-order valence-electron chi connectivity index (χ3n) is 5.29. The number of likely N-dealkylation sites (N-methyl/N-ethyl adjacent to an activating group) is 1. The number of benzene rings is 1. The largest absolute Gasteiger partial charge is 0.322 e. The first-order valence-electron chi connectivity index (χ1n) is 10.4. The molecule has 1 aromatic carbocycles. The minimum absolute atomic E-state index is 0.149. The van der Waals surface area contributed by atoms with Crippen molar-refractivity contribution in [1.29, 1.82) is 0 Å². The van der Waals surface area contributed by atoms with Gasteiger partial charge in [-0.2, -0.15) is 0 Å². The summed E-state index contributed by atoms with van der Waals surface area (Å²) in [6, 6.07) is 8.16. The quantitative estimate of drug-likeness (QED) is 0.528. The van der Waals surface area contributed by atoms with E-state index in [1.807, 2.05) is 18.4 Å². The van der Waals surface area contributed by atoms with Crippen LogP contribution in [0.1, 0.15) is 41.9 Å². The highest BCUT2D eigenvalue weighted by atomic mass is 32.2. The molecule has 0 aliphatic carbocycles. The molecule has 0 spiro atoms. The Kier molecular flexibility index (Phi) is 8.03. The van der Waals surface area contributed by atoms with Gasteiger partial charge in [-0.05, 0) is 36.9 Å². The number of nitrogens with one attached hydrogen (secondary N) is 1. The molecule has 6 nitrogen and oxygen atoms in total. The van der Waals surface area contributed by atoms with Gasteiger partial charge in [0.1, 0.15) is 0 Å². The smallest absolute Gasteiger partial charge is 0.259 e. The van der Waals surface area contributed by atoms with Crippen LogP contribution in [0.4, 0.5) is 5.69 Å². The average molecular weight is 414 g/mol. The molecule has 1 amide bonds. The van der Waals surface area contributed by atoms with Crippen LogP contribution in [0.15, 0.2) is 35.6 Å². The predicted molar refractivity (Wildman–Crippen MR) is 120 cm³/mol. The number of hydrogen-bond donors (Lipinski definition) is 1. The lowest BCUT2D eigenvalue weighted by molar-refractivity contribution is 0.102. The summed E-state index contributed by atoms with van der Waals surface area (Å²) in [5, 5.41) is 3.70. The van der Waals surface area contributed by atoms with E-state index in [1.165, 1.54) is 17.3 Å². The number of rotatable bonds is 8. The van der Waals surface area contributed by atoms with Crippen LogP contribution >= 0.6 is 11.8 Å². The molecular formula is C22H31N5OS. The number of carbonyl (C=O) groups excluding carboxylic acids is 1. The Hall–Kier alpha value is -1.96. The van der Waals surface area contributed by atoms with Gasteiger partial charge in [0.25, 0.3) is 5.91 Å². The van der Waals surface area contributed by atoms with Crippen LogP contribution in [0, 0.1) is 0 Å². The standard InChI is InChI=1S/C22H31N5OS/c1-4-6-20-19(15-23-22(25-20)29-3)21(28)24-18-9-7-17(8-10-18)16-27-13-11-26(5-2)12-14-27/h7-10,15H,4-6,11-14,16H2,1-3H3,(H,24,28). The molecule has 156 valence electrons. The maximum Gasteiger partial charge on any atom is 0.259 e. The number of piperazine rings is 1. The van der Waals surface area contributed by atoms with Crippen molar-refractivity contribution in [2.24, 2.45) is 0 Å². The van der Waals surface area contributed by atoms with Crippen LogP contribution in [0.3, 0.4) is 0 Å². The average Bonchev–Trinajstić information content (AvgIpc) is 2.75. The maximum absolute atomic E-state index is 12.8. The number of carbonyl (C=O) groups is 1. The lowest BCUT2D eigenvalue weighted by Crippen LogP contribution is -2.45. The first-order valence-corrected chi connectivity index (χ1v) is 11.6. The summed E-state index contributed by atoms with van der Waals surface area (Å²) in [6.45, 7) is 10.9. The van der Waals surface area contributed by atoms with Gasteiger partial charge in [0, 0.05) is 44.6 Å². The van der Waals surface area contributed by atoms with Crippen molar-refractivity contribution in [2.45, 2.75) is 38.4 Å². The summed E-state index contributed by atoms with van der Waals surface area (Å²) in [5.41, 5.74) is 3.44. The van der Waals surface area contributed by atoms with Gasteiger partial charge in [0.05, 0.1) is 11.3 Å². The van der Waals surface area contributed by atoms with Gasteiger partial charge in [0.2, 0.25) is 0 Å². The van der Waals surface area contributed by atoms with Crippen LogP contribution in [-0.4, -0.2) is 64.7 Å². The Balaban J connectivity index is 1.60. The maximum atomic E-state index is 12.8. The summed E-state index contributed by atoms with van der Waals surface area (Å²) in [4.78, 5) is 26.5. The first kappa shape index (κ1) is 21.7. The van der Waals surface area contributed by atoms with E-state index in [0.29, 0.717) is 10.7 Å². The van der Waals surface area contributed by atoms with Crippen molar-refractivity contribution in [3.05, 3.63) is 47.3 Å². The van der Waals surface area contributed by atoms with Gasteiger partial charge in [-0.25, -0.2) is 9.97 Å². The van der Waals surface area contributed by atoms with Crippen LogP contribution in [0.2, 0.25) is 0 Å². The molecule has 1 aliphatic heterocycles. The van der Waals surface area contributed by atoms with E-state index < -0.39 is 0 Å². The lowest BCUT2D eigenvalue weighted by Gasteiger charge is -2.34. The molecule has 1 saturated heterocycles. The molecule has 29 heavy (non-hydrogen) atoms. The lowest BCUT2D eigenvalue weighted by atomic mass is 10.1. The van der Waals surface area contributed by atoms with Crippen molar-refractivity contribution in [2.75, 3.05) is 44.3 Å². The Labute approximate surface area is 178 Å². The van der Waals surface area contributed by atoms with Gasteiger partial charge in [-0.1, -0.05) is 44.2 Å². The summed E-state index contributed by atoms with van der Waals surface area (Å²) in [6.07, 6.45) is 5.29. The number of nitrogens with zero attached hydrogens (tertiary/aromatic N) is 4. The van der Waals surface area contributed by atoms with Crippen molar-refractivity contribution in [1.82, 2.24) is 19.8 Å². The van der Waals surface area contributed by atoms with Gasteiger partial charge < -0.3 is 10.2 Å². The molecule has 0 unspecified atom stereocenters. The van der Waals surface area contributed by atoms with Crippen LogP contribution < -0.4 is 5.32 Å². The topological polar surface area (TPSA) is 61.4 Å². The molecule has 0 bridgehead atoms. The zero-order valence-corrected chi connectivity index (χ0v) is 18.5. The fraction of sp³-hybridized carbons (Fsp3) is 0.500. The monoisotopic (exact) mass is 413 g/mol. The van der Waals surface area contributed by atoms with Gasteiger partial charge in [-0.15, -0.1) is 0 Å². The van der Waals surface area contributed by atoms with E-state index in [-0.39, 0.29) is 5.91 Å². The molecule has 0 atom stereocenters. The zero-order chi connectivity index (χ0) is 20.6. The number of amides is 1. The third-order valence-corrected chi connectivity index (χ3v) is 5.85. The Morgan fingerprint density at radius 3 is 2.41 bits per heavy atom. The first-order chi connectivity index (χ1) is 14.1. The van der Waals surface area contributed by atoms with Crippen LogP contribution in [0.5, 0.6) is 0 Å². The van der Waals surface area contributed by atoms with Crippen molar-refractivity contribution in [3.63, 3.8) is 0 Å². The third kappa shape index (κ3) is 6.01. The molecule has 1 aliphatic rings. The fourth-order valence-electron chi connectivity index (χ4n) is 3.53. The molecule has 2 heterocycles. The van der Waals surface area contributed by atoms with Crippen LogP contribution in [-0.2, 0) is 13.0 Å². The second-order valence-electron chi connectivity index (χ2n) is 7.33. The summed E-state index contributed by atoms with van der Waals surface area (Å²) in [5.74, 6) is -0.149. The van der Waals surface area contributed by atoms with Gasteiger partial charge in [-0.3, -0.25) is 9.69 Å². The molecule has 3 rings (SSSR count). The number of aryl methyl sites for hydroxylation is 1. The number of hydrogen-bond acceptors (Lipinski definition) is 6. The predicted octanol–water partition coefficient (Wildman–Crippen LogP) is 3.54. The number of anilines is 1. The SMILES string of the molecule is CCCc1nc(SC)ncc1C(=O)Nc1ccc(CN2CCN(CC)CC2)cc1. The number of thioether (sulfide) groups is 1. The highest BCUT2D eigenvalue weighted by Crippen LogP contribution is 2.17. The molecule has 1 aromatic heterocycles. The normalized spacial score (nSPS) is 15.4. The fourth-order valence-corrected chi connectivity index (χ4v) is 3.89. The van der Waals surface area contributed by atoms with Gasteiger partial charge in [0.15, 0.2) is 5.16 Å². The summed E-state index contributed by atoms with van der Waals surface area (Å²) in [7, 11) is 0. The van der Waals surface area contributed by atoms with E-state index in [1.54, 1.807) is 6.20 Å². The highest BCUT2D eigenvalue weighted by molar-refractivity contribution is 7.98. The summed E-state index contributed by atoms with van der Waals surface area (Å²) >= 11 is 1.49. The second-order valence-corrected chi connectivity index (χ2v) is 8.10. The van der Waals surface area contributed by atoms with E-state index in [9.17, 15) is 4.79 Å². The molecule has 0 radical (unpaired) electrons. The second kappa shape index (κ2) is 10.7. The molecule has 1 N–H and O–H groups in total. The molecule has 2 aromatic rings. The van der Waals surface area contributed by atoms with Gasteiger partial charge >= 0.3 is 0 Å². The highest BCUT2D eigenvalue weighted by Gasteiger charge is 2.16.